The minimum atomic E-state index is -3.26. The van der Waals surface area contributed by atoms with E-state index in [1.165, 1.54) is 5.56 Å². The van der Waals surface area contributed by atoms with E-state index >= 15 is 0 Å². The largest absolute Gasteiger partial charge is 0.216 e. The van der Waals surface area contributed by atoms with Crippen LogP contribution in [-0.2, 0) is 15.8 Å². The van der Waals surface area contributed by atoms with Gasteiger partial charge in [0.15, 0.2) is 0 Å². The molecule has 2 atom stereocenters. The van der Waals surface area contributed by atoms with E-state index < -0.39 is 10.0 Å². The Morgan fingerprint density at radius 2 is 1.55 bits per heavy atom. The summed E-state index contributed by atoms with van der Waals surface area (Å²) < 4.78 is 27.0. The molecule has 1 N–H and O–H groups in total. The predicted molar refractivity (Wildman–Crippen MR) is 79.8 cm³/mol. The van der Waals surface area contributed by atoms with Crippen molar-refractivity contribution < 1.29 is 8.42 Å². The van der Waals surface area contributed by atoms with E-state index in [0.29, 0.717) is 5.92 Å². The Hall–Kier alpha value is -1.65. The molecule has 4 heteroatoms. The highest BCUT2D eigenvalue weighted by Crippen LogP contribution is 2.41. The molecule has 3 rings (SSSR count). The summed E-state index contributed by atoms with van der Waals surface area (Å²) in [4.78, 5) is 0. The molecule has 0 amide bonds. The van der Waals surface area contributed by atoms with Gasteiger partial charge in [0.25, 0.3) is 0 Å². The Balaban J connectivity index is 1.62. The Bertz CT molecular complexity index is 668. The van der Waals surface area contributed by atoms with Gasteiger partial charge in [-0.3, -0.25) is 0 Å². The normalized spacial score (nSPS) is 21.6. The number of sulfonamides is 1. The van der Waals surface area contributed by atoms with Gasteiger partial charge in [0.05, 0.1) is 5.75 Å². The van der Waals surface area contributed by atoms with Crippen molar-refractivity contribution >= 4 is 10.0 Å². The molecule has 0 radical (unpaired) electrons. The lowest BCUT2D eigenvalue weighted by atomic mass is 10.1. The number of rotatable bonds is 5. The quantitative estimate of drug-likeness (QED) is 0.919. The second-order valence-electron chi connectivity index (χ2n) is 5.22. The number of hydrogen-bond acceptors (Lipinski definition) is 2. The zero-order valence-corrected chi connectivity index (χ0v) is 11.9. The molecule has 20 heavy (non-hydrogen) atoms. The highest BCUT2D eigenvalue weighted by atomic mass is 32.2. The van der Waals surface area contributed by atoms with Crippen LogP contribution >= 0.6 is 0 Å². The standard InChI is InChI=1S/C16H17NO2S/c18-20(19,12-13-7-3-1-4-8-13)17-16-11-15(16)14-9-5-2-6-10-14/h1-10,15-17H,11-12H2/t15-,16-/m0/s1. The van der Waals surface area contributed by atoms with Crippen LogP contribution < -0.4 is 4.72 Å². The molecule has 1 aliphatic rings. The van der Waals surface area contributed by atoms with Gasteiger partial charge >= 0.3 is 0 Å². The fraction of sp³-hybridized carbons (Fsp3) is 0.250. The predicted octanol–water partition coefficient (Wildman–Crippen LogP) is 2.66. The average molecular weight is 287 g/mol. The molecule has 1 aliphatic carbocycles. The summed E-state index contributed by atoms with van der Waals surface area (Å²) >= 11 is 0. The van der Waals surface area contributed by atoms with Crippen LogP contribution in [0.1, 0.15) is 23.5 Å². The molecular formula is C16H17NO2S. The lowest BCUT2D eigenvalue weighted by Gasteiger charge is -2.06. The number of benzene rings is 2. The lowest BCUT2D eigenvalue weighted by Crippen LogP contribution is -2.28. The van der Waals surface area contributed by atoms with Crippen molar-refractivity contribution in [2.75, 3.05) is 0 Å². The number of nitrogens with one attached hydrogen (secondary N) is 1. The van der Waals surface area contributed by atoms with Crippen LogP contribution in [0.15, 0.2) is 60.7 Å². The summed E-state index contributed by atoms with van der Waals surface area (Å²) in [6, 6.07) is 19.4. The van der Waals surface area contributed by atoms with Crippen molar-refractivity contribution in [1.29, 1.82) is 0 Å². The van der Waals surface area contributed by atoms with Gasteiger partial charge in [0.1, 0.15) is 0 Å². The van der Waals surface area contributed by atoms with Crippen molar-refractivity contribution in [2.45, 2.75) is 24.1 Å². The highest BCUT2D eigenvalue weighted by Gasteiger charge is 2.40. The van der Waals surface area contributed by atoms with Crippen LogP contribution in [0.3, 0.4) is 0 Å². The molecule has 104 valence electrons. The molecule has 0 aromatic heterocycles. The average Bonchev–Trinajstić information content (AvgIpc) is 3.18. The molecule has 0 heterocycles. The monoisotopic (exact) mass is 287 g/mol. The molecule has 1 fully saturated rings. The maximum atomic E-state index is 12.1. The van der Waals surface area contributed by atoms with E-state index in [4.69, 9.17) is 0 Å². The van der Waals surface area contributed by atoms with Gasteiger partial charge in [0, 0.05) is 12.0 Å². The van der Waals surface area contributed by atoms with Crippen LogP contribution in [0, 0.1) is 0 Å². The second-order valence-corrected chi connectivity index (χ2v) is 6.98. The van der Waals surface area contributed by atoms with Crippen molar-refractivity contribution in [3.8, 4) is 0 Å². The summed E-state index contributed by atoms with van der Waals surface area (Å²) in [5.74, 6) is 0.369. The van der Waals surface area contributed by atoms with Crippen LogP contribution in [0.25, 0.3) is 0 Å². The fourth-order valence-corrected chi connectivity index (χ4v) is 3.90. The highest BCUT2D eigenvalue weighted by molar-refractivity contribution is 7.88. The number of hydrogen-bond donors (Lipinski definition) is 1. The summed E-state index contributed by atoms with van der Waals surface area (Å²) in [6.07, 6.45) is 0.887. The van der Waals surface area contributed by atoms with Crippen LogP contribution in [0.4, 0.5) is 0 Å². The van der Waals surface area contributed by atoms with Gasteiger partial charge in [0.2, 0.25) is 10.0 Å². The molecule has 3 nitrogen and oxygen atoms in total. The smallest absolute Gasteiger partial charge is 0.212 e. The van der Waals surface area contributed by atoms with E-state index in [0.717, 1.165) is 12.0 Å². The zero-order valence-electron chi connectivity index (χ0n) is 11.1. The van der Waals surface area contributed by atoms with Crippen molar-refractivity contribution in [1.82, 2.24) is 4.72 Å². The summed E-state index contributed by atoms with van der Waals surface area (Å²) in [5, 5.41) is 0. The van der Waals surface area contributed by atoms with Gasteiger partial charge in [-0.1, -0.05) is 60.7 Å². The van der Waals surface area contributed by atoms with E-state index in [9.17, 15) is 8.42 Å². The lowest BCUT2D eigenvalue weighted by molar-refractivity contribution is 0.579. The molecule has 2 aromatic carbocycles. The van der Waals surface area contributed by atoms with Crippen LogP contribution in [0.2, 0.25) is 0 Å². The minimum Gasteiger partial charge on any atom is -0.212 e. The van der Waals surface area contributed by atoms with E-state index in [2.05, 4.69) is 16.9 Å². The Labute approximate surface area is 119 Å². The molecule has 0 saturated heterocycles. The van der Waals surface area contributed by atoms with Gasteiger partial charge in [-0.15, -0.1) is 0 Å². The first-order valence-electron chi connectivity index (χ1n) is 6.73. The Morgan fingerprint density at radius 1 is 0.950 bits per heavy atom. The molecule has 1 saturated carbocycles. The third kappa shape index (κ3) is 3.26. The zero-order chi connectivity index (χ0) is 14.0. The Kier molecular flexibility index (Phi) is 3.59. The first-order chi connectivity index (χ1) is 9.64. The van der Waals surface area contributed by atoms with E-state index in [1.54, 1.807) is 0 Å². The molecular weight excluding hydrogens is 270 g/mol. The second kappa shape index (κ2) is 5.38. The minimum absolute atomic E-state index is 0.0473. The molecule has 0 bridgehead atoms. The van der Waals surface area contributed by atoms with Crippen molar-refractivity contribution in [3.05, 3.63) is 71.8 Å². The summed E-state index contributed by atoms with van der Waals surface area (Å²) in [5.41, 5.74) is 2.02. The van der Waals surface area contributed by atoms with Crippen molar-refractivity contribution in [3.63, 3.8) is 0 Å². The third-order valence-corrected chi connectivity index (χ3v) is 4.92. The topological polar surface area (TPSA) is 46.2 Å². The summed E-state index contributed by atoms with van der Waals surface area (Å²) in [7, 11) is -3.26. The van der Waals surface area contributed by atoms with Gasteiger partial charge in [-0.05, 0) is 17.5 Å². The fourth-order valence-electron chi connectivity index (χ4n) is 2.46. The third-order valence-electron chi connectivity index (χ3n) is 3.55. The van der Waals surface area contributed by atoms with Crippen LogP contribution in [-0.4, -0.2) is 14.5 Å². The maximum Gasteiger partial charge on any atom is 0.216 e. The maximum absolute atomic E-state index is 12.1. The van der Waals surface area contributed by atoms with Crippen molar-refractivity contribution in [2.24, 2.45) is 0 Å². The SMILES string of the molecule is O=S(=O)(Cc1ccccc1)N[C@H]1C[C@H]1c1ccccc1. The first kappa shape index (κ1) is 13.3. The molecule has 0 unspecified atom stereocenters. The van der Waals surface area contributed by atoms with E-state index in [-0.39, 0.29) is 11.8 Å². The Morgan fingerprint density at radius 3 is 2.20 bits per heavy atom. The van der Waals surface area contributed by atoms with Crippen LogP contribution in [0.5, 0.6) is 0 Å². The van der Waals surface area contributed by atoms with Gasteiger partial charge in [-0.2, -0.15) is 0 Å². The van der Waals surface area contributed by atoms with Gasteiger partial charge in [-0.25, -0.2) is 13.1 Å². The summed E-state index contributed by atoms with van der Waals surface area (Å²) in [6.45, 7) is 0. The molecule has 0 spiro atoms. The van der Waals surface area contributed by atoms with Gasteiger partial charge < -0.3 is 0 Å². The molecule has 2 aromatic rings. The molecule has 0 aliphatic heterocycles. The van der Waals surface area contributed by atoms with E-state index in [1.807, 2.05) is 48.5 Å². The first-order valence-corrected chi connectivity index (χ1v) is 8.38.